The van der Waals surface area contributed by atoms with Crippen LogP contribution in [0.3, 0.4) is 0 Å². The lowest BCUT2D eigenvalue weighted by Gasteiger charge is -2.31. The van der Waals surface area contributed by atoms with Crippen LogP contribution in [0.4, 0.5) is 19.0 Å². The van der Waals surface area contributed by atoms with Crippen molar-refractivity contribution < 1.29 is 18.0 Å². The Hall–Kier alpha value is -3.77. The van der Waals surface area contributed by atoms with E-state index in [2.05, 4.69) is 30.6 Å². The summed E-state index contributed by atoms with van der Waals surface area (Å²) in [6.07, 6.45) is 5.15. The Bertz CT molecular complexity index is 1530. The number of carbonyl (C=O) groups is 1. The number of nitrogens with zero attached hydrogens (tertiary/aromatic N) is 5. The minimum atomic E-state index is -2.28. The Kier molecular flexibility index (Phi) is 10.9. The molecule has 228 valence electrons. The van der Waals surface area contributed by atoms with E-state index in [1.165, 1.54) is 31.7 Å². The van der Waals surface area contributed by atoms with E-state index in [0.29, 0.717) is 36.9 Å². The lowest BCUT2D eigenvalue weighted by atomic mass is 9.92. The SMILES string of the molecule is CNC(=O)c1ccnc2c([C@H](C)CNc3cc(-c4ccc(CC5CCN(CC(F)F)CC5)nc4)ncn3)ccc(F)c12.S. The van der Waals surface area contributed by atoms with Gasteiger partial charge in [0.2, 0.25) is 0 Å². The van der Waals surface area contributed by atoms with E-state index in [4.69, 9.17) is 0 Å². The molecule has 1 saturated heterocycles. The third kappa shape index (κ3) is 7.80. The number of fused-ring (bicyclic) bond motifs is 1. The van der Waals surface area contributed by atoms with Gasteiger partial charge in [-0.3, -0.25) is 19.7 Å². The number of likely N-dealkylation sites (tertiary alicyclic amines) is 1. The quantitative estimate of drug-likeness (QED) is 0.247. The molecule has 1 aliphatic rings. The lowest BCUT2D eigenvalue weighted by Crippen LogP contribution is -2.37. The third-order valence-corrected chi connectivity index (χ3v) is 7.85. The van der Waals surface area contributed by atoms with E-state index in [0.717, 1.165) is 41.8 Å². The van der Waals surface area contributed by atoms with Gasteiger partial charge in [0.05, 0.1) is 23.3 Å². The highest BCUT2D eigenvalue weighted by atomic mass is 32.1. The molecule has 0 unspecified atom stereocenters. The van der Waals surface area contributed by atoms with Gasteiger partial charge in [0.25, 0.3) is 12.3 Å². The average Bonchev–Trinajstić information content (AvgIpc) is 3.00. The molecule has 5 rings (SSSR count). The first-order valence-corrected chi connectivity index (χ1v) is 14.1. The van der Waals surface area contributed by atoms with Crippen molar-refractivity contribution in [2.75, 3.05) is 38.5 Å². The van der Waals surface area contributed by atoms with Crippen molar-refractivity contribution >= 4 is 36.1 Å². The summed E-state index contributed by atoms with van der Waals surface area (Å²) in [6, 6.07) is 10.4. The normalized spacial score (nSPS) is 14.8. The number of carbonyl (C=O) groups excluding carboxylic acids is 1. The highest BCUT2D eigenvalue weighted by Crippen LogP contribution is 2.29. The van der Waals surface area contributed by atoms with E-state index >= 15 is 0 Å². The molecule has 1 aromatic carbocycles. The zero-order valence-corrected chi connectivity index (χ0v) is 25.2. The molecule has 0 spiro atoms. The van der Waals surface area contributed by atoms with Crippen LogP contribution in [-0.2, 0) is 6.42 Å². The third-order valence-electron chi connectivity index (χ3n) is 7.85. The summed E-state index contributed by atoms with van der Waals surface area (Å²) < 4.78 is 40.0. The average molecular weight is 612 g/mol. The fraction of sp³-hybridized carbons (Fsp3) is 0.387. The van der Waals surface area contributed by atoms with E-state index in [1.807, 2.05) is 30.0 Å². The molecule has 0 saturated carbocycles. The fourth-order valence-corrected chi connectivity index (χ4v) is 5.51. The number of aromatic nitrogens is 4. The predicted molar refractivity (Wildman–Crippen MR) is 167 cm³/mol. The summed E-state index contributed by atoms with van der Waals surface area (Å²) in [4.78, 5) is 31.9. The maximum Gasteiger partial charge on any atom is 0.251 e. The van der Waals surface area contributed by atoms with Crippen LogP contribution in [0, 0.1) is 11.7 Å². The molecule has 4 aromatic rings. The number of rotatable bonds is 10. The second kappa shape index (κ2) is 14.6. The first kappa shape index (κ1) is 32.2. The van der Waals surface area contributed by atoms with Crippen molar-refractivity contribution in [2.45, 2.75) is 38.5 Å². The highest BCUT2D eigenvalue weighted by Gasteiger charge is 2.22. The number of anilines is 1. The maximum atomic E-state index is 14.8. The minimum Gasteiger partial charge on any atom is -0.369 e. The van der Waals surface area contributed by atoms with Gasteiger partial charge in [0.1, 0.15) is 18.0 Å². The van der Waals surface area contributed by atoms with Gasteiger partial charge in [0.15, 0.2) is 0 Å². The van der Waals surface area contributed by atoms with Crippen LogP contribution in [0.5, 0.6) is 0 Å². The summed E-state index contributed by atoms with van der Waals surface area (Å²) in [5.74, 6) is 0.154. The van der Waals surface area contributed by atoms with Gasteiger partial charge in [-0.05, 0) is 68.1 Å². The Balaban J connectivity index is 0.00000423. The van der Waals surface area contributed by atoms with E-state index in [9.17, 15) is 18.0 Å². The zero-order valence-electron chi connectivity index (χ0n) is 24.2. The molecule has 12 heteroatoms. The van der Waals surface area contributed by atoms with Crippen molar-refractivity contribution in [3.63, 3.8) is 0 Å². The molecule has 2 N–H and O–H groups in total. The van der Waals surface area contributed by atoms with Gasteiger partial charge in [-0.1, -0.05) is 13.0 Å². The highest BCUT2D eigenvalue weighted by molar-refractivity contribution is 7.59. The Morgan fingerprint density at radius 3 is 2.56 bits per heavy atom. The number of piperidine rings is 1. The van der Waals surface area contributed by atoms with Crippen LogP contribution in [-0.4, -0.2) is 70.4 Å². The van der Waals surface area contributed by atoms with Gasteiger partial charge >= 0.3 is 0 Å². The van der Waals surface area contributed by atoms with Crippen molar-refractivity contribution in [3.8, 4) is 11.3 Å². The van der Waals surface area contributed by atoms with Crippen LogP contribution < -0.4 is 10.6 Å². The van der Waals surface area contributed by atoms with E-state index in [-0.39, 0.29) is 42.8 Å². The number of nitrogens with one attached hydrogen (secondary N) is 2. The first-order chi connectivity index (χ1) is 20.3. The Morgan fingerprint density at radius 2 is 1.86 bits per heavy atom. The number of pyridine rings is 2. The monoisotopic (exact) mass is 611 g/mol. The molecule has 43 heavy (non-hydrogen) atoms. The van der Waals surface area contributed by atoms with Gasteiger partial charge in [0, 0.05) is 54.6 Å². The van der Waals surface area contributed by atoms with Crippen molar-refractivity contribution in [1.29, 1.82) is 0 Å². The summed E-state index contributed by atoms with van der Waals surface area (Å²) >= 11 is 0. The second-order valence-electron chi connectivity index (χ2n) is 10.7. The first-order valence-electron chi connectivity index (χ1n) is 14.1. The van der Waals surface area contributed by atoms with Crippen LogP contribution in [0.15, 0.2) is 55.1 Å². The zero-order chi connectivity index (χ0) is 29.6. The molecule has 4 heterocycles. The number of alkyl halides is 2. The molecule has 1 atom stereocenters. The summed E-state index contributed by atoms with van der Waals surface area (Å²) in [5, 5.41) is 6.10. The number of amides is 1. The standard InChI is InChI=1S/C31H34F3N7O.H2S/c1-19(23-5-6-25(32)29-24(31(42)35-2)7-10-36-30(23)29)15-38-28-14-26(39-18-40-28)21-3-4-22(37-16-21)13-20-8-11-41(12-9-20)17-27(33)34;/h3-7,10,14,16,18-20,27H,8-9,11-13,15,17H2,1-2H3,(H,35,42)(H,38,39,40);1H2/t19-;/m1./s1. The molecular formula is C31H36F3N7OS. The molecule has 0 aliphatic carbocycles. The van der Waals surface area contributed by atoms with E-state index < -0.39 is 12.2 Å². The molecule has 8 nitrogen and oxygen atoms in total. The van der Waals surface area contributed by atoms with Gasteiger partial charge in [-0.25, -0.2) is 23.1 Å². The molecular weight excluding hydrogens is 575 g/mol. The minimum absolute atomic E-state index is 0. The van der Waals surface area contributed by atoms with Crippen LogP contribution in [0.1, 0.15) is 47.3 Å². The van der Waals surface area contributed by atoms with Crippen LogP contribution >= 0.6 is 13.5 Å². The number of halogens is 3. The number of hydrogen-bond acceptors (Lipinski definition) is 7. The Labute approximate surface area is 256 Å². The van der Waals surface area contributed by atoms with Gasteiger partial charge in [-0.2, -0.15) is 13.5 Å². The topological polar surface area (TPSA) is 95.9 Å². The van der Waals surface area contributed by atoms with Crippen molar-refractivity contribution in [2.24, 2.45) is 5.92 Å². The van der Waals surface area contributed by atoms with Gasteiger partial charge < -0.3 is 10.6 Å². The molecule has 1 fully saturated rings. The maximum absolute atomic E-state index is 14.8. The molecule has 3 aromatic heterocycles. The summed E-state index contributed by atoms with van der Waals surface area (Å²) in [6.45, 7) is 3.76. The number of benzene rings is 1. The van der Waals surface area contributed by atoms with Crippen molar-refractivity contribution in [1.82, 2.24) is 30.2 Å². The summed E-state index contributed by atoms with van der Waals surface area (Å²) in [7, 11) is 1.51. The predicted octanol–water partition coefficient (Wildman–Crippen LogP) is 5.43. The fourth-order valence-electron chi connectivity index (χ4n) is 5.51. The van der Waals surface area contributed by atoms with Gasteiger partial charge in [-0.15, -0.1) is 0 Å². The van der Waals surface area contributed by atoms with Crippen LogP contribution in [0.2, 0.25) is 0 Å². The second-order valence-corrected chi connectivity index (χ2v) is 10.7. The molecule has 1 amide bonds. The molecule has 1 aliphatic heterocycles. The molecule has 0 radical (unpaired) electrons. The van der Waals surface area contributed by atoms with Crippen molar-refractivity contribution in [3.05, 3.63) is 77.8 Å². The van der Waals surface area contributed by atoms with E-state index in [1.54, 1.807) is 12.3 Å². The Morgan fingerprint density at radius 1 is 1.07 bits per heavy atom. The largest absolute Gasteiger partial charge is 0.369 e. The molecule has 0 bridgehead atoms. The number of hydrogen-bond donors (Lipinski definition) is 2. The summed E-state index contributed by atoms with van der Waals surface area (Å²) in [5.41, 5.74) is 4.09. The lowest BCUT2D eigenvalue weighted by molar-refractivity contribution is 0.0690. The van der Waals surface area contributed by atoms with Crippen LogP contribution in [0.25, 0.3) is 22.2 Å². The smallest absolute Gasteiger partial charge is 0.251 e.